The van der Waals surface area contributed by atoms with Crippen LogP contribution in [0.4, 0.5) is 0 Å². The number of rotatable bonds is 0. The van der Waals surface area contributed by atoms with Crippen LogP contribution in [0.25, 0.3) is 0 Å². The SMILES string of the molecule is CC1(N)CCCCCCC(C)(O)C1. The summed E-state index contributed by atoms with van der Waals surface area (Å²) in [5, 5.41) is 10.1. The summed E-state index contributed by atoms with van der Waals surface area (Å²) in [7, 11) is 0. The van der Waals surface area contributed by atoms with Crippen molar-refractivity contribution in [1.82, 2.24) is 0 Å². The summed E-state index contributed by atoms with van der Waals surface area (Å²) in [5.41, 5.74) is 5.41. The summed E-state index contributed by atoms with van der Waals surface area (Å²) >= 11 is 0. The van der Waals surface area contributed by atoms with Gasteiger partial charge >= 0.3 is 0 Å². The van der Waals surface area contributed by atoms with Gasteiger partial charge in [-0.05, 0) is 33.1 Å². The third kappa shape index (κ3) is 4.10. The van der Waals surface area contributed by atoms with Crippen LogP contribution in [0.3, 0.4) is 0 Å². The molecule has 1 aliphatic rings. The van der Waals surface area contributed by atoms with Crippen LogP contribution in [-0.4, -0.2) is 16.2 Å². The molecular weight excluding hydrogens is 162 g/mol. The summed E-state index contributed by atoms with van der Waals surface area (Å²) in [6, 6.07) is 0. The van der Waals surface area contributed by atoms with E-state index in [9.17, 15) is 5.11 Å². The van der Waals surface area contributed by atoms with Gasteiger partial charge in [-0.2, -0.15) is 0 Å². The van der Waals surface area contributed by atoms with Crippen molar-refractivity contribution in [2.45, 2.75) is 69.9 Å². The van der Waals surface area contributed by atoms with E-state index in [0.717, 1.165) is 25.7 Å². The maximum absolute atomic E-state index is 10.1. The van der Waals surface area contributed by atoms with Crippen molar-refractivity contribution >= 4 is 0 Å². The lowest BCUT2D eigenvalue weighted by molar-refractivity contribution is 0.0205. The Kier molecular flexibility index (Phi) is 3.36. The number of hydrogen-bond donors (Lipinski definition) is 2. The topological polar surface area (TPSA) is 46.2 Å². The van der Waals surface area contributed by atoms with Gasteiger partial charge < -0.3 is 10.8 Å². The van der Waals surface area contributed by atoms with Crippen molar-refractivity contribution in [3.8, 4) is 0 Å². The molecule has 1 rings (SSSR count). The average Bonchev–Trinajstić information content (AvgIpc) is 1.97. The maximum Gasteiger partial charge on any atom is 0.0637 e. The van der Waals surface area contributed by atoms with Gasteiger partial charge in [0.25, 0.3) is 0 Å². The standard InChI is InChI=1S/C11H23NO/c1-10(12)7-5-3-4-6-8-11(2,13)9-10/h13H,3-9,12H2,1-2H3. The highest BCUT2D eigenvalue weighted by Crippen LogP contribution is 2.29. The van der Waals surface area contributed by atoms with E-state index < -0.39 is 5.60 Å². The first-order chi connectivity index (χ1) is 5.91. The lowest BCUT2D eigenvalue weighted by Crippen LogP contribution is -2.44. The summed E-state index contributed by atoms with van der Waals surface area (Å²) < 4.78 is 0. The van der Waals surface area contributed by atoms with Gasteiger partial charge in [0.2, 0.25) is 0 Å². The highest BCUT2D eigenvalue weighted by molar-refractivity contribution is 4.89. The molecule has 0 aromatic heterocycles. The molecule has 0 aromatic carbocycles. The minimum Gasteiger partial charge on any atom is -0.390 e. The molecule has 1 aliphatic carbocycles. The molecule has 0 heterocycles. The van der Waals surface area contributed by atoms with Gasteiger partial charge in [0, 0.05) is 5.54 Å². The lowest BCUT2D eigenvalue weighted by atomic mass is 9.83. The fourth-order valence-corrected chi connectivity index (χ4v) is 2.44. The molecule has 0 saturated heterocycles. The second kappa shape index (κ2) is 3.97. The Morgan fingerprint density at radius 2 is 1.54 bits per heavy atom. The molecule has 0 spiro atoms. The van der Waals surface area contributed by atoms with Gasteiger partial charge in [0.15, 0.2) is 0 Å². The number of nitrogens with two attached hydrogens (primary N) is 1. The van der Waals surface area contributed by atoms with Gasteiger partial charge in [0.05, 0.1) is 5.60 Å². The van der Waals surface area contributed by atoms with Crippen LogP contribution < -0.4 is 5.73 Å². The molecule has 13 heavy (non-hydrogen) atoms. The molecule has 0 aromatic rings. The summed E-state index contributed by atoms with van der Waals surface area (Å²) in [5.74, 6) is 0. The maximum atomic E-state index is 10.1. The summed E-state index contributed by atoms with van der Waals surface area (Å²) in [6.07, 6.45) is 7.55. The van der Waals surface area contributed by atoms with Gasteiger partial charge in [-0.3, -0.25) is 0 Å². The normalized spacial score (nSPS) is 43.4. The number of aliphatic hydroxyl groups is 1. The van der Waals surface area contributed by atoms with Crippen LogP contribution >= 0.6 is 0 Å². The predicted octanol–water partition coefficient (Wildman–Crippen LogP) is 2.20. The summed E-state index contributed by atoms with van der Waals surface area (Å²) in [6.45, 7) is 3.98. The molecule has 3 N–H and O–H groups in total. The molecule has 2 unspecified atom stereocenters. The lowest BCUT2D eigenvalue weighted by Gasteiger charge is -2.33. The van der Waals surface area contributed by atoms with E-state index in [1.165, 1.54) is 19.3 Å². The average molecular weight is 185 g/mol. The first-order valence-corrected chi connectivity index (χ1v) is 5.43. The van der Waals surface area contributed by atoms with Crippen molar-refractivity contribution < 1.29 is 5.11 Å². The highest BCUT2D eigenvalue weighted by Gasteiger charge is 2.31. The first-order valence-electron chi connectivity index (χ1n) is 5.43. The zero-order chi connectivity index (χ0) is 9.95. The molecule has 78 valence electrons. The third-order valence-corrected chi connectivity index (χ3v) is 3.00. The van der Waals surface area contributed by atoms with E-state index in [1.807, 2.05) is 6.92 Å². The van der Waals surface area contributed by atoms with Crippen LogP contribution in [0.1, 0.15) is 58.8 Å². The molecule has 1 fully saturated rings. The monoisotopic (exact) mass is 185 g/mol. The van der Waals surface area contributed by atoms with E-state index in [2.05, 4.69) is 6.92 Å². The van der Waals surface area contributed by atoms with Crippen molar-refractivity contribution in [2.75, 3.05) is 0 Å². The summed E-state index contributed by atoms with van der Waals surface area (Å²) in [4.78, 5) is 0. The van der Waals surface area contributed by atoms with Gasteiger partial charge in [-0.1, -0.05) is 25.7 Å². The fourth-order valence-electron chi connectivity index (χ4n) is 2.44. The smallest absolute Gasteiger partial charge is 0.0637 e. The highest BCUT2D eigenvalue weighted by atomic mass is 16.3. The largest absolute Gasteiger partial charge is 0.390 e. The Hall–Kier alpha value is -0.0800. The zero-order valence-electron chi connectivity index (χ0n) is 8.97. The van der Waals surface area contributed by atoms with Gasteiger partial charge in [-0.25, -0.2) is 0 Å². The second-order valence-electron chi connectivity index (χ2n) is 5.24. The predicted molar refractivity (Wildman–Crippen MR) is 55.5 cm³/mol. The van der Waals surface area contributed by atoms with Crippen LogP contribution in [-0.2, 0) is 0 Å². The van der Waals surface area contributed by atoms with Crippen LogP contribution in [0, 0.1) is 0 Å². The molecule has 2 heteroatoms. The van der Waals surface area contributed by atoms with Crippen molar-refractivity contribution in [3.63, 3.8) is 0 Å². The fraction of sp³-hybridized carbons (Fsp3) is 1.00. The molecule has 0 bridgehead atoms. The minimum absolute atomic E-state index is 0.173. The van der Waals surface area contributed by atoms with Crippen molar-refractivity contribution in [3.05, 3.63) is 0 Å². The number of hydrogen-bond acceptors (Lipinski definition) is 2. The Bertz CT molecular complexity index is 145. The molecule has 1 saturated carbocycles. The van der Waals surface area contributed by atoms with Crippen molar-refractivity contribution in [2.24, 2.45) is 5.73 Å². The molecule has 0 radical (unpaired) electrons. The molecule has 0 amide bonds. The van der Waals surface area contributed by atoms with Gasteiger partial charge in [0.1, 0.15) is 0 Å². The van der Waals surface area contributed by atoms with E-state index in [4.69, 9.17) is 5.73 Å². The van der Waals surface area contributed by atoms with E-state index in [1.54, 1.807) is 0 Å². The van der Waals surface area contributed by atoms with Crippen LogP contribution in [0.5, 0.6) is 0 Å². The quantitative estimate of drug-likeness (QED) is 0.607. The van der Waals surface area contributed by atoms with Gasteiger partial charge in [-0.15, -0.1) is 0 Å². The van der Waals surface area contributed by atoms with Crippen LogP contribution in [0.15, 0.2) is 0 Å². The first kappa shape index (κ1) is 11.0. The minimum atomic E-state index is -0.548. The van der Waals surface area contributed by atoms with E-state index >= 15 is 0 Å². The Balaban J connectivity index is 2.59. The Morgan fingerprint density at radius 3 is 2.15 bits per heavy atom. The Morgan fingerprint density at radius 1 is 1.00 bits per heavy atom. The molecule has 2 atom stereocenters. The third-order valence-electron chi connectivity index (χ3n) is 3.00. The zero-order valence-corrected chi connectivity index (χ0v) is 8.97. The second-order valence-corrected chi connectivity index (χ2v) is 5.24. The molecule has 0 aliphatic heterocycles. The van der Waals surface area contributed by atoms with Crippen LogP contribution in [0.2, 0.25) is 0 Å². The molecule has 2 nitrogen and oxygen atoms in total. The van der Waals surface area contributed by atoms with E-state index in [-0.39, 0.29) is 5.54 Å². The molecular formula is C11H23NO. The Labute approximate surface area is 81.5 Å². The van der Waals surface area contributed by atoms with E-state index in [0.29, 0.717) is 0 Å². The van der Waals surface area contributed by atoms with Crippen molar-refractivity contribution in [1.29, 1.82) is 0 Å².